The van der Waals surface area contributed by atoms with E-state index in [-0.39, 0.29) is 17.7 Å². The van der Waals surface area contributed by atoms with E-state index in [4.69, 9.17) is 5.73 Å². The number of rotatable bonds is 5. The molecule has 98 valence electrons. The summed E-state index contributed by atoms with van der Waals surface area (Å²) in [6, 6.07) is -0.489. The van der Waals surface area contributed by atoms with Gasteiger partial charge < -0.3 is 16.0 Å². The zero-order valence-corrected chi connectivity index (χ0v) is 10.7. The molecule has 1 saturated heterocycles. The van der Waals surface area contributed by atoms with Crippen LogP contribution in [0.15, 0.2) is 0 Å². The topological polar surface area (TPSA) is 75.4 Å². The third-order valence-electron chi connectivity index (χ3n) is 3.12. The van der Waals surface area contributed by atoms with Crippen LogP contribution in [0.5, 0.6) is 0 Å². The molecule has 0 spiro atoms. The highest BCUT2D eigenvalue weighted by Gasteiger charge is 2.19. The summed E-state index contributed by atoms with van der Waals surface area (Å²) in [6.45, 7) is 5.91. The van der Waals surface area contributed by atoms with Crippen LogP contribution in [-0.4, -0.2) is 42.4 Å². The largest absolute Gasteiger partial charge is 0.354 e. The number of hydrogen-bond acceptors (Lipinski definition) is 3. The Hall–Kier alpha value is -1.10. The van der Waals surface area contributed by atoms with Crippen molar-refractivity contribution in [3.05, 3.63) is 0 Å². The van der Waals surface area contributed by atoms with Crippen LogP contribution < -0.4 is 11.1 Å². The predicted molar refractivity (Wildman–Crippen MR) is 66.3 cm³/mol. The zero-order valence-electron chi connectivity index (χ0n) is 10.7. The van der Waals surface area contributed by atoms with Gasteiger partial charge in [0.25, 0.3) is 0 Å². The Kier molecular flexibility index (Phi) is 5.41. The van der Waals surface area contributed by atoms with Crippen LogP contribution in [0.1, 0.15) is 33.1 Å². The summed E-state index contributed by atoms with van der Waals surface area (Å²) in [5, 5.41) is 2.71. The molecule has 0 bridgehead atoms. The molecule has 0 aromatic heterocycles. The Bertz CT molecular complexity index is 259. The number of nitrogens with two attached hydrogens (primary N) is 1. The number of hydrogen-bond donors (Lipinski definition) is 2. The standard InChI is InChI=1S/C12H23N3O2/c1-9(2)11(13)12(17)14-6-5-10(16)15-7-3-4-8-15/h9,11H,3-8,13H2,1-2H3,(H,14,17)/t11-/m0/s1. The van der Waals surface area contributed by atoms with E-state index in [9.17, 15) is 9.59 Å². The first-order valence-electron chi connectivity index (χ1n) is 6.33. The molecule has 2 amide bonds. The van der Waals surface area contributed by atoms with Gasteiger partial charge in [-0.25, -0.2) is 0 Å². The van der Waals surface area contributed by atoms with Gasteiger partial charge in [-0.3, -0.25) is 9.59 Å². The van der Waals surface area contributed by atoms with Crippen molar-refractivity contribution in [1.82, 2.24) is 10.2 Å². The minimum Gasteiger partial charge on any atom is -0.354 e. The summed E-state index contributed by atoms with van der Waals surface area (Å²) < 4.78 is 0. The molecule has 5 nitrogen and oxygen atoms in total. The maximum atomic E-state index is 11.7. The van der Waals surface area contributed by atoms with Crippen LogP contribution in [-0.2, 0) is 9.59 Å². The van der Waals surface area contributed by atoms with E-state index < -0.39 is 6.04 Å². The molecule has 17 heavy (non-hydrogen) atoms. The normalized spacial score (nSPS) is 17.3. The summed E-state index contributed by atoms with van der Waals surface area (Å²) in [5.41, 5.74) is 5.69. The highest BCUT2D eigenvalue weighted by atomic mass is 16.2. The van der Waals surface area contributed by atoms with Gasteiger partial charge in [0.15, 0.2) is 0 Å². The van der Waals surface area contributed by atoms with E-state index in [1.807, 2.05) is 18.7 Å². The molecular formula is C12H23N3O2. The molecule has 0 radical (unpaired) electrons. The Morgan fingerprint density at radius 1 is 1.29 bits per heavy atom. The van der Waals surface area contributed by atoms with Crippen molar-refractivity contribution in [1.29, 1.82) is 0 Å². The van der Waals surface area contributed by atoms with Crippen molar-refractivity contribution in [2.24, 2.45) is 11.7 Å². The maximum Gasteiger partial charge on any atom is 0.237 e. The molecule has 1 atom stereocenters. The summed E-state index contributed by atoms with van der Waals surface area (Å²) in [4.78, 5) is 25.1. The second kappa shape index (κ2) is 6.59. The van der Waals surface area contributed by atoms with E-state index in [2.05, 4.69) is 5.32 Å². The van der Waals surface area contributed by atoms with Gasteiger partial charge in [0.05, 0.1) is 6.04 Å². The number of likely N-dealkylation sites (tertiary alicyclic amines) is 1. The average molecular weight is 241 g/mol. The molecule has 1 aliphatic heterocycles. The molecule has 5 heteroatoms. The Morgan fingerprint density at radius 2 is 1.88 bits per heavy atom. The lowest BCUT2D eigenvalue weighted by Crippen LogP contribution is -2.45. The van der Waals surface area contributed by atoms with E-state index in [0.29, 0.717) is 13.0 Å². The molecule has 0 aromatic carbocycles. The molecule has 1 rings (SSSR count). The smallest absolute Gasteiger partial charge is 0.237 e. The minimum absolute atomic E-state index is 0.115. The van der Waals surface area contributed by atoms with Crippen LogP contribution >= 0.6 is 0 Å². The quantitative estimate of drug-likeness (QED) is 0.716. The van der Waals surface area contributed by atoms with Crippen molar-refractivity contribution in [2.75, 3.05) is 19.6 Å². The van der Waals surface area contributed by atoms with Crippen LogP contribution in [0.3, 0.4) is 0 Å². The molecule has 1 heterocycles. The van der Waals surface area contributed by atoms with Crippen LogP contribution in [0.4, 0.5) is 0 Å². The molecular weight excluding hydrogens is 218 g/mol. The van der Waals surface area contributed by atoms with Gasteiger partial charge in [0, 0.05) is 26.1 Å². The van der Waals surface area contributed by atoms with Crippen LogP contribution in [0.25, 0.3) is 0 Å². The lowest BCUT2D eigenvalue weighted by molar-refractivity contribution is -0.130. The van der Waals surface area contributed by atoms with Crippen molar-refractivity contribution in [2.45, 2.75) is 39.2 Å². The number of nitrogens with one attached hydrogen (secondary N) is 1. The minimum atomic E-state index is -0.489. The number of amides is 2. The Balaban J connectivity index is 2.18. The molecule has 3 N–H and O–H groups in total. The monoisotopic (exact) mass is 241 g/mol. The molecule has 0 unspecified atom stereocenters. The van der Waals surface area contributed by atoms with Crippen molar-refractivity contribution in [3.8, 4) is 0 Å². The summed E-state index contributed by atoms with van der Waals surface area (Å²) >= 11 is 0. The maximum absolute atomic E-state index is 11.7. The summed E-state index contributed by atoms with van der Waals surface area (Å²) in [6.07, 6.45) is 2.56. The van der Waals surface area contributed by atoms with Crippen molar-refractivity contribution >= 4 is 11.8 Å². The van der Waals surface area contributed by atoms with E-state index in [0.717, 1.165) is 25.9 Å². The lowest BCUT2D eigenvalue weighted by atomic mass is 10.1. The third kappa shape index (κ3) is 4.34. The number of carbonyl (C=O) groups is 2. The SMILES string of the molecule is CC(C)[C@H](N)C(=O)NCCC(=O)N1CCCC1. The summed E-state index contributed by atoms with van der Waals surface area (Å²) in [5.74, 6) is 0.0689. The lowest BCUT2D eigenvalue weighted by Gasteiger charge is -2.17. The van der Waals surface area contributed by atoms with Gasteiger partial charge in [-0.05, 0) is 18.8 Å². The van der Waals surface area contributed by atoms with Crippen molar-refractivity contribution in [3.63, 3.8) is 0 Å². The van der Waals surface area contributed by atoms with Crippen LogP contribution in [0.2, 0.25) is 0 Å². The molecule has 0 saturated carbocycles. The Labute approximate surface area is 103 Å². The molecule has 0 aromatic rings. The van der Waals surface area contributed by atoms with Gasteiger partial charge in [-0.1, -0.05) is 13.8 Å². The molecule has 0 aliphatic carbocycles. The van der Waals surface area contributed by atoms with Crippen LogP contribution in [0, 0.1) is 5.92 Å². The second-order valence-electron chi connectivity index (χ2n) is 4.90. The fourth-order valence-corrected chi connectivity index (χ4v) is 1.84. The predicted octanol–water partition coefficient (Wildman–Crippen LogP) is 0.0984. The highest BCUT2D eigenvalue weighted by Crippen LogP contribution is 2.08. The third-order valence-corrected chi connectivity index (χ3v) is 3.12. The molecule has 1 fully saturated rings. The number of nitrogens with zero attached hydrogens (tertiary/aromatic N) is 1. The first kappa shape index (κ1) is 14.0. The van der Waals surface area contributed by atoms with E-state index in [1.54, 1.807) is 0 Å². The van der Waals surface area contributed by atoms with Gasteiger partial charge in [0.1, 0.15) is 0 Å². The van der Waals surface area contributed by atoms with Gasteiger partial charge in [-0.2, -0.15) is 0 Å². The first-order valence-corrected chi connectivity index (χ1v) is 6.33. The fourth-order valence-electron chi connectivity index (χ4n) is 1.84. The van der Waals surface area contributed by atoms with Gasteiger partial charge in [-0.15, -0.1) is 0 Å². The van der Waals surface area contributed by atoms with E-state index >= 15 is 0 Å². The summed E-state index contributed by atoms with van der Waals surface area (Å²) in [7, 11) is 0. The second-order valence-corrected chi connectivity index (χ2v) is 4.90. The van der Waals surface area contributed by atoms with Crippen molar-refractivity contribution < 1.29 is 9.59 Å². The highest BCUT2D eigenvalue weighted by molar-refractivity contribution is 5.82. The van der Waals surface area contributed by atoms with E-state index in [1.165, 1.54) is 0 Å². The molecule has 1 aliphatic rings. The Morgan fingerprint density at radius 3 is 2.41 bits per heavy atom. The van der Waals surface area contributed by atoms with Gasteiger partial charge in [0.2, 0.25) is 11.8 Å². The zero-order chi connectivity index (χ0) is 12.8. The first-order chi connectivity index (χ1) is 8.02. The fraction of sp³-hybridized carbons (Fsp3) is 0.833. The number of carbonyl (C=O) groups excluding carboxylic acids is 2. The van der Waals surface area contributed by atoms with Gasteiger partial charge >= 0.3 is 0 Å². The average Bonchev–Trinajstić information content (AvgIpc) is 2.80.